The zero-order valence-corrected chi connectivity index (χ0v) is 10.9. The van der Waals surface area contributed by atoms with Crippen LogP contribution in [0.25, 0.3) is 0 Å². The van der Waals surface area contributed by atoms with E-state index in [0.717, 1.165) is 9.37 Å². The van der Waals surface area contributed by atoms with Crippen molar-refractivity contribution >= 4 is 33.4 Å². The van der Waals surface area contributed by atoms with Crippen LogP contribution in [0.3, 0.4) is 0 Å². The molecule has 0 bridgehead atoms. The van der Waals surface area contributed by atoms with Crippen LogP contribution in [0.1, 0.15) is 6.92 Å². The van der Waals surface area contributed by atoms with Gasteiger partial charge in [0.2, 0.25) is 0 Å². The second-order valence-electron chi connectivity index (χ2n) is 3.66. The van der Waals surface area contributed by atoms with Crippen molar-refractivity contribution in [2.75, 3.05) is 12.0 Å². The predicted octanol–water partition coefficient (Wildman–Crippen LogP) is 2.28. The number of benzene rings is 1. The van der Waals surface area contributed by atoms with E-state index >= 15 is 0 Å². The first-order valence-electron chi connectivity index (χ1n) is 4.94. The Hall–Kier alpha value is -1.62. The van der Waals surface area contributed by atoms with Crippen molar-refractivity contribution in [3.05, 3.63) is 34.3 Å². The fourth-order valence-corrected chi connectivity index (χ4v) is 2.09. The number of methoxy groups -OCH3 is 1. The maximum absolute atomic E-state index is 11.8. The molecule has 0 atom stereocenters. The van der Waals surface area contributed by atoms with Gasteiger partial charge in [0.05, 0.1) is 12.8 Å². The molecule has 0 saturated carbocycles. The van der Waals surface area contributed by atoms with Crippen LogP contribution in [0.4, 0.5) is 5.69 Å². The number of rotatable bonds is 2. The molecule has 1 aromatic rings. The SMILES string of the molecule is COc1cc(Br)cc(N2C(=O)C=C(C)C2=O)c1. The minimum absolute atomic E-state index is 0.296. The van der Waals surface area contributed by atoms with Crippen LogP contribution in [-0.2, 0) is 9.59 Å². The van der Waals surface area contributed by atoms with Crippen LogP contribution < -0.4 is 9.64 Å². The van der Waals surface area contributed by atoms with Crippen LogP contribution >= 0.6 is 15.9 Å². The summed E-state index contributed by atoms with van der Waals surface area (Å²) >= 11 is 3.31. The topological polar surface area (TPSA) is 46.6 Å². The lowest BCUT2D eigenvalue weighted by Crippen LogP contribution is -2.30. The standard InChI is InChI=1S/C12H10BrNO3/c1-7-3-11(15)14(12(7)16)9-4-8(13)5-10(6-9)17-2/h3-6H,1-2H3. The van der Waals surface area contributed by atoms with Crippen molar-refractivity contribution in [1.29, 1.82) is 0 Å². The number of ether oxygens (including phenoxy) is 1. The smallest absolute Gasteiger partial charge is 0.261 e. The summed E-state index contributed by atoms with van der Waals surface area (Å²) in [6, 6.07) is 5.10. The normalized spacial score (nSPS) is 15.2. The van der Waals surface area contributed by atoms with E-state index in [9.17, 15) is 9.59 Å². The monoisotopic (exact) mass is 295 g/mol. The molecule has 0 unspecified atom stereocenters. The van der Waals surface area contributed by atoms with Gasteiger partial charge in [0.25, 0.3) is 11.8 Å². The highest BCUT2D eigenvalue weighted by molar-refractivity contribution is 9.10. The molecule has 88 valence electrons. The lowest BCUT2D eigenvalue weighted by Gasteiger charge is -2.15. The number of amides is 2. The zero-order chi connectivity index (χ0) is 12.6. The first-order valence-corrected chi connectivity index (χ1v) is 5.73. The third-order valence-corrected chi connectivity index (χ3v) is 2.91. The number of carbonyl (C=O) groups is 2. The van der Waals surface area contributed by atoms with Gasteiger partial charge in [0.1, 0.15) is 5.75 Å². The Balaban J connectivity index is 2.45. The number of anilines is 1. The first-order chi connectivity index (χ1) is 8.02. The van der Waals surface area contributed by atoms with Gasteiger partial charge in [-0.15, -0.1) is 0 Å². The highest BCUT2D eigenvalue weighted by Gasteiger charge is 2.30. The highest BCUT2D eigenvalue weighted by atomic mass is 79.9. The lowest BCUT2D eigenvalue weighted by atomic mass is 10.2. The minimum atomic E-state index is -0.326. The van der Waals surface area contributed by atoms with Gasteiger partial charge in [0, 0.05) is 22.2 Å². The van der Waals surface area contributed by atoms with E-state index < -0.39 is 0 Å². The number of hydrogen-bond acceptors (Lipinski definition) is 3. The molecule has 17 heavy (non-hydrogen) atoms. The predicted molar refractivity (Wildman–Crippen MR) is 66.9 cm³/mol. The number of imide groups is 1. The molecule has 5 heteroatoms. The molecule has 0 fully saturated rings. The summed E-state index contributed by atoms with van der Waals surface area (Å²) in [5.41, 5.74) is 0.938. The van der Waals surface area contributed by atoms with Crippen LogP contribution in [0.15, 0.2) is 34.3 Å². The Kier molecular flexibility index (Phi) is 3.02. The molecule has 0 aromatic heterocycles. The maximum Gasteiger partial charge on any atom is 0.261 e. The Morgan fingerprint density at radius 3 is 2.47 bits per heavy atom. The number of hydrogen-bond donors (Lipinski definition) is 0. The molecular formula is C12H10BrNO3. The van der Waals surface area contributed by atoms with Gasteiger partial charge in [-0.25, -0.2) is 4.90 Å². The van der Waals surface area contributed by atoms with Crippen molar-refractivity contribution in [3.8, 4) is 5.75 Å². The molecular weight excluding hydrogens is 286 g/mol. The van der Waals surface area contributed by atoms with Gasteiger partial charge in [-0.2, -0.15) is 0 Å². The van der Waals surface area contributed by atoms with E-state index in [2.05, 4.69) is 15.9 Å². The summed E-state index contributed by atoms with van der Waals surface area (Å²) in [6.07, 6.45) is 1.33. The van der Waals surface area contributed by atoms with Crippen molar-refractivity contribution in [2.24, 2.45) is 0 Å². The van der Waals surface area contributed by atoms with Crippen molar-refractivity contribution in [3.63, 3.8) is 0 Å². The summed E-state index contributed by atoms with van der Waals surface area (Å²) in [5, 5.41) is 0. The molecule has 2 amide bonds. The molecule has 0 N–H and O–H groups in total. The van der Waals surface area contributed by atoms with Gasteiger partial charge >= 0.3 is 0 Å². The van der Waals surface area contributed by atoms with E-state index in [1.165, 1.54) is 13.2 Å². The van der Waals surface area contributed by atoms with E-state index in [4.69, 9.17) is 4.74 Å². The number of carbonyl (C=O) groups excluding carboxylic acids is 2. The van der Waals surface area contributed by atoms with Crippen LogP contribution in [-0.4, -0.2) is 18.9 Å². The van der Waals surface area contributed by atoms with Crippen molar-refractivity contribution in [2.45, 2.75) is 6.92 Å². The van der Waals surface area contributed by atoms with E-state index in [1.54, 1.807) is 25.1 Å². The summed E-state index contributed by atoms with van der Waals surface area (Å²) in [4.78, 5) is 24.6. The fourth-order valence-electron chi connectivity index (χ4n) is 1.63. The Labute approximate surface area is 107 Å². The quantitative estimate of drug-likeness (QED) is 0.787. The molecule has 0 radical (unpaired) electrons. The third kappa shape index (κ3) is 2.10. The summed E-state index contributed by atoms with van der Waals surface area (Å²) in [7, 11) is 1.53. The first kappa shape index (κ1) is 11.9. The van der Waals surface area contributed by atoms with Crippen LogP contribution in [0.2, 0.25) is 0 Å². The average molecular weight is 296 g/mol. The highest BCUT2D eigenvalue weighted by Crippen LogP contribution is 2.30. The fraction of sp³-hybridized carbons (Fsp3) is 0.167. The second-order valence-corrected chi connectivity index (χ2v) is 4.57. The minimum Gasteiger partial charge on any atom is -0.497 e. The van der Waals surface area contributed by atoms with Crippen molar-refractivity contribution in [1.82, 2.24) is 0 Å². The van der Waals surface area contributed by atoms with Crippen LogP contribution in [0, 0.1) is 0 Å². The van der Waals surface area contributed by atoms with Gasteiger partial charge < -0.3 is 4.74 Å². The largest absolute Gasteiger partial charge is 0.497 e. The summed E-state index contributed by atoms with van der Waals surface area (Å²) in [5.74, 6) is -0.0395. The molecule has 0 saturated heterocycles. The molecule has 2 rings (SSSR count). The van der Waals surface area contributed by atoms with E-state index in [0.29, 0.717) is 17.0 Å². The Bertz CT molecular complexity index is 537. The van der Waals surface area contributed by atoms with Crippen LogP contribution in [0.5, 0.6) is 5.75 Å². The average Bonchev–Trinajstić information content (AvgIpc) is 2.52. The zero-order valence-electron chi connectivity index (χ0n) is 9.36. The molecule has 1 aromatic carbocycles. The van der Waals surface area contributed by atoms with E-state index in [-0.39, 0.29) is 11.8 Å². The van der Waals surface area contributed by atoms with Gasteiger partial charge in [-0.1, -0.05) is 15.9 Å². The third-order valence-electron chi connectivity index (χ3n) is 2.45. The van der Waals surface area contributed by atoms with E-state index in [1.807, 2.05) is 0 Å². The summed E-state index contributed by atoms with van der Waals surface area (Å²) in [6.45, 7) is 1.62. The molecule has 1 heterocycles. The number of nitrogens with zero attached hydrogens (tertiary/aromatic N) is 1. The van der Waals surface area contributed by atoms with Crippen molar-refractivity contribution < 1.29 is 14.3 Å². The Morgan fingerprint density at radius 1 is 1.24 bits per heavy atom. The molecule has 1 aliphatic heterocycles. The maximum atomic E-state index is 11.8. The Morgan fingerprint density at radius 2 is 1.94 bits per heavy atom. The number of halogens is 1. The molecule has 0 aliphatic carbocycles. The molecule has 4 nitrogen and oxygen atoms in total. The van der Waals surface area contributed by atoms with Gasteiger partial charge in [-0.3, -0.25) is 9.59 Å². The van der Waals surface area contributed by atoms with Gasteiger partial charge in [0.15, 0.2) is 0 Å². The molecule has 0 spiro atoms. The lowest BCUT2D eigenvalue weighted by molar-refractivity contribution is -0.120. The molecule has 1 aliphatic rings. The summed E-state index contributed by atoms with van der Waals surface area (Å²) < 4.78 is 5.84. The second kappa shape index (κ2) is 4.33. The van der Waals surface area contributed by atoms with Gasteiger partial charge in [-0.05, 0) is 19.1 Å².